The summed E-state index contributed by atoms with van der Waals surface area (Å²) >= 11 is 6.52. The fourth-order valence-electron chi connectivity index (χ4n) is 5.19. The van der Waals surface area contributed by atoms with Crippen LogP contribution in [0, 0.1) is 0 Å². The van der Waals surface area contributed by atoms with Gasteiger partial charge in [-0.25, -0.2) is 4.98 Å². The summed E-state index contributed by atoms with van der Waals surface area (Å²) in [6.07, 6.45) is 0. The van der Waals surface area contributed by atoms with Crippen molar-refractivity contribution in [3.63, 3.8) is 0 Å². The van der Waals surface area contributed by atoms with Crippen LogP contribution in [0.3, 0.4) is 0 Å². The maximum Gasteiger partial charge on any atom is 0.231 e. The topological polar surface area (TPSA) is 61.2 Å². The molecular weight excluding hydrogens is 504 g/mol. The zero-order valence-electron chi connectivity index (χ0n) is 21.7. The van der Waals surface area contributed by atoms with Crippen LogP contribution in [-0.2, 0) is 19.6 Å². The van der Waals surface area contributed by atoms with E-state index in [1.807, 2.05) is 24.3 Å². The molecule has 0 radical (unpaired) electrons. The molecule has 0 bridgehead atoms. The molecule has 0 unspecified atom stereocenters. The van der Waals surface area contributed by atoms with Crippen LogP contribution in [0.25, 0.3) is 11.0 Å². The number of para-hydroxylation sites is 2. The Bertz CT molecular complexity index is 1430. The van der Waals surface area contributed by atoms with Gasteiger partial charge in [-0.15, -0.1) is 0 Å². The Morgan fingerprint density at radius 2 is 1.47 bits per heavy atom. The van der Waals surface area contributed by atoms with Crippen molar-refractivity contribution in [3.8, 4) is 23.0 Å². The second kappa shape index (κ2) is 10.7. The maximum atomic E-state index is 6.52. The number of imidazole rings is 1. The van der Waals surface area contributed by atoms with Gasteiger partial charge in [0.15, 0.2) is 11.5 Å². The summed E-state index contributed by atoms with van der Waals surface area (Å²) in [6, 6.07) is 18.2. The van der Waals surface area contributed by atoms with Gasteiger partial charge in [-0.3, -0.25) is 9.80 Å². The number of hydrogen-bond donors (Lipinski definition) is 0. The van der Waals surface area contributed by atoms with Gasteiger partial charge < -0.3 is 23.5 Å². The molecule has 198 valence electrons. The van der Waals surface area contributed by atoms with E-state index in [0.717, 1.165) is 95.3 Å². The Morgan fingerprint density at radius 3 is 2.18 bits per heavy atom. The van der Waals surface area contributed by atoms with Crippen molar-refractivity contribution in [2.24, 2.45) is 0 Å². The molecule has 0 amide bonds. The van der Waals surface area contributed by atoms with E-state index in [2.05, 4.69) is 44.7 Å². The Hall–Kier alpha value is -3.46. The molecule has 0 N–H and O–H groups in total. The smallest absolute Gasteiger partial charge is 0.231 e. The summed E-state index contributed by atoms with van der Waals surface area (Å²) in [7, 11) is 3.35. The standard InChI is InChI=1S/C29H31ClN4O4/c1-35-22-11-20(12-23(14-22)36-2)16-34-26-6-4-3-5-25(26)31-29(34)18-33-9-7-32(8-10-33)17-21-13-27-28(15-24(21)30)38-19-37-27/h3-6,11-15H,7-10,16-19H2,1-2H3. The fourth-order valence-corrected chi connectivity index (χ4v) is 5.40. The molecule has 2 aliphatic rings. The zero-order chi connectivity index (χ0) is 26.1. The van der Waals surface area contributed by atoms with Gasteiger partial charge in [0.05, 0.1) is 31.8 Å². The number of halogens is 1. The minimum absolute atomic E-state index is 0.254. The van der Waals surface area contributed by atoms with Gasteiger partial charge in [0.2, 0.25) is 6.79 Å². The van der Waals surface area contributed by atoms with E-state index in [0.29, 0.717) is 6.54 Å². The fraction of sp³-hybridized carbons (Fsp3) is 0.345. The number of rotatable bonds is 8. The van der Waals surface area contributed by atoms with Crippen molar-refractivity contribution in [2.45, 2.75) is 19.6 Å². The number of hydrogen-bond acceptors (Lipinski definition) is 7. The van der Waals surface area contributed by atoms with Gasteiger partial charge in [-0.05, 0) is 41.5 Å². The maximum absolute atomic E-state index is 6.52. The van der Waals surface area contributed by atoms with Crippen molar-refractivity contribution >= 4 is 22.6 Å². The molecule has 4 aromatic rings. The number of aromatic nitrogens is 2. The van der Waals surface area contributed by atoms with E-state index in [9.17, 15) is 0 Å². The van der Waals surface area contributed by atoms with Crippen molar-refractivity contribution < 1.29 is 18.9 Å². The normalized spacial score (nSPS) is 15.8. The quantitative estimate of drug-likeness (QED) is 0.322. The van der Waals surface area contributed by atoms with Gasteiger partial charge >= 0.3 is 0 Å². The Kier molecular flexibility index (Phi) is 7.02. The molecule has 3 aromatic carbocycles. The van der Waals surface area contributed by atoms with Crippen molar-refractivity contribution in [1.29, 1.82) is 0 Å². The molecule has 38 heavy (non-hydrogen) atoms. The third kappa shape index (κ3) is 5.12. The highest BCUT2D eigenvalue weighted by Gasteiger charge is 2.23. The second-order valence-corrected chi connectivity index (χ2v) is 10.1. The van der Waals surface area contributed by atoms with Crippen LogP contribution in [0.1, 0.15) is 17.0 Å². The number of benzene rings is 3. The Morgan fingerprint density at radius 1 is 0.816 bits per heavy atom. The van der Waals surface area contributed by atoms with Crippen LogP contribution in [0.4, 0.5) is 0 Å². The van der Waals surface area contributed by atoms with Crippen molar-refractivity contribution in [1.82, 2.24) is 19.4 Å². The molecule has 9 heteroatoms. The van der Waals surface area contributed by atoms with Gasteiger partial charge in [-0.1, -0.05) is 23.7 Å². The predicted octanol–water partition coefficient (Wildman–Crippen LogP) is 4.80. The molecule has 2 aliphatic heterocycles. The van der Waals surface area contributed by atoms with Crippen LogP contribution >= 0.6 is 11.6 Å². The summed E-state index contributed by atoms with van der Waals surface area (Å²) in [5.74, 6) is 4.11. The SMILES string of the molecule is COc1cc(Cn2c(CN3CCN(Cc4cc5c(cc4Cl)OCO5)CC3)nc3ccccc32)cc(OC)c1. The Labute approximate surface area is 227 Å². The minimum atomic E-state index is 0.254. The third-order valence-electron chi connectivity index (χ3n) is 7.25. The summed E-state index contributed by atoms with van der Waals surface area (Å²) < 4.78 is 24.3. The number of nitrogens with zero attached hydrogens (tertiary/aromatic N) is 4. The first-order valence-electron chi connectivity index (χ1n) is 12.8. The number of piperazine rings is 1. The van der Waals surface area contributed by atoms with Crippen LogP contribution in [-0.4, -0.2) is 66.5 Å². The first kappa shape index (κ1) is 24.9. The average Bonchev–Trinajstić information content (AvgIpc) is 3.53. The summed E-state index contributed by atoms with van der Waals surface area (Å²) in [6.45, 7) is 6.34. The minimum Gasteiger partial charge on any atom is -0.497 e. The molecule has 8 nitrogen and oxygen atoms in total. The molecule has 1 aromatic heterocycles. The summed E-state index contributed by atoms with van der Waals surface area (Å²) in [5, 5.41) is 0.722. The van der Waals surface area contributed by atoms with Gasteiger partial charge in [0, 0.05) is 56.4 Å². The van der Waals surface area contributed by atoms with E-state index in [-0.39, 0.29) is 6.79 Å². The molecule has 0 spiro atoms. The summed E-state index contributed by atoms with van der Waals surface area (Å²) in [5.41, 5.74) is 4.31. The first-order valence-corrected chi connectivity index (χ1v) is 13.2. The highest BCUT2D eigenvalue weighted by molar-refractivity contribution is 6.31. The lowest BCUT2D eigenvalue weighted by Gasteiger charge is -2.34. The van der Waals surface area contributed by atoms with Crippen LogP contribution in [0.15, 0.2) is 54.6 Å². The van der Waals surface area contributed by atoms with E-state index in [4.69, 9.17) is 35.5 Å². The molecule has 1 fully saturated rings. The highest BCUT2D eigenvalue weighted by atomic mass is 35.5. The Balaban J connectivity index is 1.16. The van der Waals surface area contributed by atoms with Gasteiger partial charge in [-0.2, -0.15) is 0 Å². The molecule has 3 heterocycles. The zero-order valence-corrected chi connectivity index (χ0v) is 22.4. The monoisotopic (exact) mass is 534 g/mol. The van der Waals surface area contributed by atoms with E-state index in [1.54, 1.807) is 14.2 Å². The molecule has 0 saturated carbocycles. The molecule has 0 atom stereocenters. The number of fused-ring (bicyclic) bond motifs is 2. The van der Waals surface area contributed by atoms with Crippen molar-refractivity contribution in [3.05, 3.63) is 76.6 Å². The predicted molar refractivity (Wildman–Crippen MR) is 147 cm³/mol. The second-order valence-electron chi connectivity index (χ2n) is 9.67. The highest BCUT2D eigenvalue weighted by Crippen LogP contribution is 2.37. The van der Waals surface area contributed by atoms with E-state index >= 15 is 0 Å². The largest absolute Gasteiger partial charge is 0.497 e. The van der Waals surface area contributed by atoms with Crippen LogP contribution < -0.4 is 18.9 Å². The average molecular weight is 535 g/mol. The van der Waals surface area contributed by atoms with Crippen molar-refractivity contribution in [2.75, 3.05) is 47.2 Å². The molecule has 6 rings (SSSR count). The number of methoxy groups -OCH3 is 2. The molecule has 0 aliphatic carbocycles. The molecular formula is C29H31ClN4O4. The van der Waals surface area contributed by atoms with Crippen LogP contribution in [0.5, 0.6) is 23.0 Å². The lowest BCUT2D eigenvalue weighted by molar-refractivity contribution is 0.119. The molecule has 1 saturated heterocycles. The summed E-state index contributed by atoms with van der Waals surface area (Å²) in [4.78, 5) is 9.93. The van der Waals surface area contributed by atoms with E-state index < -0.39 is 0 Å². The third-order valence-corrected chi connectivity index (χ3v) is 7.60. The van der Waals surface area contributed by atoms with E-state index in [1.165, 1.54) is 0 Å². The lowest BCUT2D eigenvalue weighted by Crippen LogP contribution is -2.45. The van der Waals surface area contributed by atoms with Crippen LogP contribution in [0.2, 0.25) is 5.02 Å². The lowest BCUT2D eigenvalue weighted by atomic mass is 10.1. The number of ether oxygens (including phenoxy) is 4. The van der Waals surface area contributed by atoms with Gasteiger partial charge in [0.1, 0.15) is 17.3 Å². The first-order chi connectivity index (χ1) is 18.6. The van der Waals surface area contributed by atoms with Gasteiger partial charge in [0.25, 0.3) is 0 Å².